The lowest BCUT2D eigenvalue weighted by Gasteiger charge is -2.15. The van der Waals surface area contributed by atoms with E-state index in [-0.39, 0.29) is 11.8 Å². The maximum absolute atomic E-state index is 12.6. The quantitative estimate of drug-likeness (QED) is 0.552. The second-order valence-corrected chi connectivity index (χ2v) is 7.69. The van der Waals surface area contributed by atoms with Crippen molar-refractivity contribution in [3.05, 3.63) is 77.3 Å². The molecule has 0 bridgehead atoms. The molecule has 0 atom stereocenters. The summed E-state index contributed by atoms with van der Waals surface area (Å²) in [6.07, 6.45) is 1.79. The SMILES string of the molecule is CC(C)c1cc(CN(C)C(=O)c2ccc(CSc3ccccn3)cc2)no1. The van der Waals surface area contributed by atoms with Crippen molar-refractivity contribution in [2.24, 2.45) is 0 Å². The number of carbonyl (C=O) groups excluding carboxylic acids is 1. The van der Waals surface area contributed by atoms with Crippen molar-refractivity contribution in [2.75, 3.05) is 7.05 Å². The third-order valence-corrected chi connectivity index (χ3v) is 5.13. The number of thioether (sulfide) groups is 1. The highest BCUT2D eigenvalue weighted by atomic mass is 32.2. The van der Waals surface area contributed by atoms with Crippen LogP contribution in [0.5, 0.6) is 0 Å². The van der Waals surface area contributed by atoms with E-state index in [0.717, 1.165) is 27.8 Å². The van der Waals surface area contributed by atoms with E-state index in [0.29, 0.717) is 12.1 Å². The summed E-state index contributed by atoms with van der Waals surface area (Å²) in [4.78, 5) is 18.6. The predicted molar refractivity (Wildman–Crippen MR) is 107 cm³/mol. The van der Waals surface area contributed by atoms with Gasteiger partial charge in [-0.2, -0.15) is 0 Å². The molecule has 0 unspecified atom stereocenters. The highest BCUT2D eigenvalue weighted by Crippen LogP contribution is 2.21. The molecule has 1 aromatic carbocycles. The Hall–Kier alpha value is -2.60. The summed E-state index contributed by atoms with van der Waals surface area (Å²) in [5.41, 5.74) is 2.58. The molecule has 140 valence electrons. The van der Waals surface area contributed by atoms with Crippen LogP contribution in [-0.4, -0.2) is 28.0 Å². The average Bonchev–Trinajstić information content (AvgIpc) is 3.16. The molecule has 0 spiro atoms. The molecule has 0 aliphatic heterocycles. The Kier molecular flexibility index (Phi) is 6.29. The second-order valence-electron chi connectivity index (χ2n) is 6.69. The monoisotopic (exact) mass is 381 g/mol. The number of amides is 1. The molecule has 27 heavy (non-hydrogen) atoms. The lowest BCUT2D eigenvalue weighted by molar-refractivity contribution is 0.0782. The molecule has 5 nitrogen and oxygen atoms in total. The van der Waals surface area contributed by atoms with Gasteiger partial charge in [0, 0.05) is 36.5 Å². The van der Waals surface area contributed by atoms with Crippen molar-refractivity contribution in [3.63, 3.8) is 0 Å². The Bertz CT molecular complexity index is 876. The summed E-state index contributed by atoms with van der Waals surface area (Å²) < 4.78 is 5.30. The highest BCUT2D eigenvalue weighted by molar-refractivity contribution is 7.98. The summed E-state index contributed by atoms with van der Waals surface area (Å²) in [5.74, 6) is 1.90. The average molecular weight is 382 g/mol. The van der Waals surface area contributed by atoms with Crippen LogP contribution in [0.1, 0.15) is 47.1 Å². The summed E-state index contributed by atoms with van der Waals surface area (Å²) in [7, 11) is 1.77. The van der Waals surface area contributed by atoms with Gasteiger partial charge in [0.05, 0.1) is 11.6 Å². The van der Waals surface area contributed by atoms with Gasteiger partial charge in [-0.3, -0.25) is 4.79 Å². The van der Waals surface area contributed by atoms with Gasteiger partial charge in [0.2, 0.25) is 0 Å². The van der Waals surface area contributed by atoms with E-state index in [1.807, 2.05) is 62.4 Å². The summed E-state index contributed by atoms with van der Waals surface area (Å²) >= 11 is 1.68. The first-order chi connectivity index (χ1) is 13.0. The number of aromatic nitrogens is 2. The second kappa shape index (κ2) is 8.86. The molecule has 0 saturated carbocycles. The molecule has 3 aromatic rings. The minimum Gasteiger partial charge on any atom is -0.361 e. The maximum atomic E-state index is 12.6. The molecule has 2 heterocycles. The molecule has 1 amide bonds. The minimum absolute atomic E-state index is 0.0342. The van der Waals surface area contributed by atoms with Gasteiger partial charge < -0.3 is 9.42 Å². The van der Waals surface area contributed by atoms with Crippen LogP contribution in [0.15, 0.2) is 64.3 Å². The van der Waals surface area contributed by atoms with Crippen LogP contribution < -0.4 is 0 Å². The van der Waals surface area contributed by atoms with Crippen molar-refractivity contribution >= 4 is 17.7 Å². The molecule has 0 radical (unpaired) electrons. The Labute approximate surface area is 163 Å². The van der Waals surface area contributed by atoms with Crippen LogP contribution in [0.25, 0.3) is 0 Å². The Balaban J connectivity index is 1.57. The molecule has 3 rings (SSSR count). The van der Waals surface area contributed by atoms with Crippen molar-refractivity contribution in [1.82, 2.24) is 15.0 Å². The van der Waals surface area contributed by atoms with Gasteiger partial charge in [-0.1, -0.05) is 37.2 Å². The third-order valence-electron chi connectivity index (χ3n) is 4.12. The maximum Gasteiger partial charge on any atom is 0.253 e. The van der Waals surface area contributed by atoms with Gasteiger partial charge in [-0.05, 0) is 29.8 Å². The van der Waals surface area contributed by atoms with E-state index < -0.39 is 0 Å². The molecule has 0 saturated heterocycles. The number of hydrogen-bond donors (Lipinski definition) is 0. The first-order valence-electron chi connectivity index (χ1n) is 8.86. The van der Waals surface area contributed by atoms with Gasteiger partial charge in [0.1, 0.15) is 11.5 Å². The fraction of sp³-hybridized carbons (Fsp3) is 0.286. The lowest BCUT2D eigenvalue weighted by Crippen LogP contribution is -2.26. The largest absolute Gasteiger partial charge is 0.361 e. The van der Waals surface area contributed by atoms with Crippen LogP contribution in [-0.2, 0) is 12.3 Å². The molecule has 0 aliphatic rings. The van der Waals surface area contributed by atoms with Crippen LogP contribution in [0.2, 0.25) is 0 Å². The lowest BCUT2D eigenvalue weighted by atomic mass is 10.1. The third kappa shape index (κ3) is 5.20. The molecular formula is C21H23N3O2S. The van der Waals surface area contributed by atoms with Crippen LogP contribution >= 0.6 is 11.8 Å². The minimum atomic E-state index is -0.0342. The zero-order valence-corrected chi connectivity index (χ0v) is 16.6. The smallest absolute Gasteiger partial charge is 0.253 e. The summed E-state index contributed by atoms with van der Waals surface area (Å²) in [5, 5.41) is 5.03. The van der Waals surface area contributed by atoms with Gasteiger partial charge >= 0.3 is 0 Å². The zero-order chi connectivity index (χ0) is 19.2. The number of hydrogen-bond acceptors (Lipinski definition) is 5. The van der Waals surface area contributed by atoms with Gasteiger partial charge in [0.15, 0.2) is 0 Å². The molecule has 6 heteroatoms. The fourth-order valence-electron chi connectivity index (χ4n) is 2.54. The van der Waals surface area contributed by atoms with E-state index in [1.54, 1.807) is 29.9 Å². The Morgan fingerprint density at radius 2 is 1.96 bits per heavy atom. The summed E-state index contributed by atoms with van der Waals surface area (Å²) in [6, 6.07) is 15.5. The van der Waals surface area contributed by atoms with Crippen molar-refractivity contribution in [2.45, 2.75) is 37.1 Å². The Morgan fingerprint density at radius 1 is 1.19 bits per heavy atom. The van der Waals surface area contributed by atoms with Gasteiger partial charge in [0.25, 0.3) is 5.91 Å². The first kappa shape index (κ1) is 19.2. The Morgan fingerprint density at radius 3 is 2.59 bits per heavy atom. The van der Waals surface area contributed by atoms with Crippen LogP contribution in [0.3, 0.4) is 0 Å². The van der Waals surface area contributed by atoms with Crippen molar-refractivity contribution in [3.8, 4) is 0 Å². The topological polar surface area (TPSA) is 59.2 Å². The number of carbonyl (C=O) groups is 1. The van der Waals surface area contributed by atoms with Crippen molar-refractivity contribution < 1.29 is 9.32 Å². The van der Waals surface area contributed by atoms with Crippen LogP contribution in [0.4, 0.5) is 0 Å². The van der Waals surface area contributed by atoms with E-state index in [9.17, 15) is 4.79 Å². The standard InChI is InChI=1S/C21H23N3O2S/c1-15(2)19-12-18(23-26-19)13-24(3)21(25)17-9-7-16(8-10-17)14-27-20-6-4-5-11-22-20/h4-12,15H,13-14H2,1-3H3. The summed E-state index contributed by atoms with van der Waals surface area (Å²) in [6.45, 7) is 4.52. The number of benzene rings is 1. The highest BCUT2D eigenvalue weighted by Gasteiger charge is 2.15. The zero-order valence-electron chi connectivity index (χ0n) is 15.8. The van der Waals surface area contributed by atoms with Crippen molar-refractivity contribution in [1.29, 1.82) is 0 Å². The number of nitrogens with zero attached hydrogens (tertiary/aromatic N) is 3. The van der Waals surface area contributed by atoms with Gasteiger partial charge in [-0.25, -0.2) is 4.98 Å². The molecule has 2 aromatic heterocycles. The normalized spacial score (nSPS) is 11.0. The number of rotatable bonds is 7. The first-order valence-corrected chi connectivity index (χ1v) is 9.85. The van der Waals surface area contributed by atoms with E-state index >= 15 is 0 Å². The van der Waals surface area contributed by atoms with Gasteiger partial charge in [-0.15, -0.1) is 11.8 Å². The van der Waals surface area contributed by atoms with E-state index in [4.69, 9.17) is 4.52 Å². The number of pyridine rings is 1. The molecule has 0 fully saturated rings. The fourth-order valence-corrected chi connectivity index (χ4v) is 3.36. The molecule has 0 N–H and O–H groups in total. The van der Waals surface area contributed by atoms with Crippen LogP contribution in [0, 0.1) is 0 Å². The molecular weight excluding hydrogens is 358 g/mol. The predicted octanol–water partition coefficient (Wildman–Crippen LogP) is 4.76. The van der Waals surface area contributed by atoms with E-state index in [1.165, 1.54) is 0 Å². The van der Waals surface area contributed by atoms with E-state index in [2.05, 4.69) is 10.1 Å². The molecule has 0 aliphatic carbocycles.